The topological polar surface area (TPSA) is 71.8 Å². The van der Waals surface area contributed by atoms with E-state index in [1.807, 2.05) is 31.5 Å². The fraction of sp³-hybridized carbons (Fsp3) is 0.0769. The zero-order valence-corrected chi connectivity index (χ0v) is 10.2. The molecule has 4 rings (SSSR count). The molecule has 92 valence electrons. The summed E-state index contributed by atoms with van der Waals surface area (Å²) >= 11 is 0. The number of nitrogens with one attached hydrogen (secondary N) is 1. The lowest BCUT2D eigenvalue weighted by atomic mass is 10.1. The number of hydrogen-bond donors (Lipinski definition) is 1. The van der Waals surface area contributed by atoms with E-state index in [1.165, 1.54) is 0 Å². The van der Waals surface area contributed by atoms with E-state index in [2.05, 4.69) is 25.3 Å². The molecule has 1 N–H and O–H groups in total. The first-order valence-corrected chi connectivity index (χ1v) is 5.92. The molecule has 6 heteroatoms. The molecule has 0 radical (unpaired) electrons. The van der Waals surface area contributed by atoms with E-state index in [0.29, 0.717) is 0 Å². The zero-order valence-electron chi connectivity index (χ0n) is 10.2. The second-order valence-electron chi connectivity index (χ2n) is 4.39. The molecule has 19 heavy (non-hydrogen) atoms. The largest absolute Gasteiger partial charge is 0.280 e. The molecular weight excluding hydrogens is 240 g/mol. The molecule has 0 saturated heterocycles. The summed E-state index contributed by atoms with van der Waals surface area (Å²) in [6, 6.07) is 3.85. The van der Waals surface area contributed by atoms with Crippen LogP contribution in [-0.4, -0.2) is 29.8 Å². The molecule has 0 bridgehead atoms. The monoisotopic (exact) mass is 250 g/mol. The molecule has 0 aromatic carbocycles. The Morgan fingerprint density at radius 1 is 1.21 bits per heavy atom. The Morgan fingerprint density at radius 3 is 3.11 bits per heavy atom. The van der Waals surface area contributed by atoms with Gasteiger partial charge in [-0.3, -0.25) is 10.1 Å². The van der Waals surface area contributed by atoms with E-state index in [0.717, 1.165) is 33.5 Å². The summed E-state index contributed by atoms with van der Waals surface area (Å²) in [4.78, 5) is 8.79. The van der Waals surface area contributed by atoms with Gasteiger partial charge in [0, 0.05) is 29.7 Å². The molecule has 0 aliphatic carbocycles. The van der Waals surface area contributed by atoms with Crippen LogP contribution >= 0.6 is 0 Å². The lowest BCUT2D eigenvalue weighted by molar-refractivity contribution is 0.939. The van der Waals surface area contributed by atoms with Gasteiger partial charge in [-0.2, -0.15) is 10.2 Å². The van der Waals surface area contributed by atoms with Gasteiger partial charge in [0.15, 0.2) is 5.65 Å². The Labute approximate surface area is 108 Å². The third kappa shape index (κ3) is 1.43. The number of rotatable bonds is 1. The summed E-state index contributed by atoms with van der Waals surface area (Å²) in [5.74, 6) is 0. The first-order valence-electron chi connectivity index (χ1n) is 5.92. The maximum absolute atomic E-state index is 4.44. The van der Waals surface area contributed by atoms with Crippen molar-refractivity contribution in [1.29, 1.82) is 0 Å². The second-order valence-corrected chi connectivity index (χ2v) is 4.39. The number of aryl methyl sites for hydroxylation is 1. The van der Waals surface area contributed by atoms with Crippen molar-refractivity contribution < 1.29 is 0 Å². The van der Waals surface area contributed by atoms with Crippen molar-refractivity contribution in [3.05, 3.63) is 42.6 Å². The maximum Gasteiger partial charge on any atom is 0.162 e. The van der Waals surface area contributed by atoms with Crippen LogP contribution in [0.2, 0.25) is 0 Å². The minimum absolute atomic E-state index is 0.816. The van der Waals surface area contributed by atoms with Gasteiger partial charge in [0.1, 0.15) is 11.0 Å². The van der Waals surface area contributed by atoms with Gasteiger partial charge in [-0.1, -0.05) is 0 Å². The van der Waals surface area contributed by atoms with Gasteiger partial charge < -0.3 is 0 Å². The molecule has 4 heterocycles. The molecule has 0 aliphatic rings. The van der Waals surface area contributed by atoms with Crippen molar-refractivity contribution in [3.63, 3.8) is 0 Å². The molecule has 0 fully saturated rings. The van der Waals surface area contributed by atoms with Crippen LogP contribution in [0.5, 0.6) is 0 Å². The fourth-order valence-corrected chi connectivity index (χ4v) is 2.20. The summed E-state index contributed by atoms with van der Waals surface area (Å²) < 4.78 is 1.75. The minimum atomic E-state index is 0.816. The van der Waals surface area contributed by atoms with Gasteiger partial charge in [-0.25, -0.2) is 9.50 Å². The van der Waals surface area contributed by atoms with Crippen LogP contribution in [0.15, 0.2) is 36.9 Å². The maximum atomic E-state index is 4.44. The number of nitrogens with zero attached hydrogens (tertiary/aromatic N) is 5. The van der Waals surface area contributed by atoms with Gasteiger partial charge in [-0.15, -0.1) is 0 Å². The smallest absolute Gasteiger partial charge is 0.162 e. The Kier molecular flexibility index (Phi) is 1.94. The van der Waals surface area contributed by atoms with Crippen molar-refractivity contribution >= 4 is 16.7 Å². The van der Waals surface area contributed by atoms with Crippen LogP contribution in [0.1, 0.15) is 5.69 Å². The summed E-state index contributed by atoms with van der Waals surface area (Å²) in [6.45, 7) is 1.96. The number of pyridine rings is 1. The molecule has 0 aliphatic heterocycles. The molecule has 0 atom stereocenters. The summed E-state index contributed by atoms with van der Waals surface area (Å²) in [7, 11) is 0. The Bertz CT molecular complexity index is 888. The molecule has 0 spiro atoms. The van der Waals surface area contributed by atoms with Crippen LogP contribution in [-0.2, 0) is 0 Å². The number of hydrogen-bond acceptors (Lipinski definition) is 4. The van der Waals surface area contributed by atoms with Gasteiger partial charge in [-0.05, 0) is 19.1 Å². The van der Waals surface area contributed by atoms with Crippen molar-refractivity contribution in [2.24, 2.45) is 0 Å². The first kappa shape index (κ1) is 10.2. The minimum Gasteiger partial charge on any atom is -0.280 e. The summed E-state index contributed by atoms with van der Waals surface area (Å²) in [5, 5.41) is 11.4. The molecule has 6 nitrogen and oxygen atoms in total. The van der Waals surface area contributed by atoms with Crippen molar-refractivity contribution in [2.75, 3.05) is 0 Å². The normalized spacial score (nSPS) is 11.4. The van der Waals surface area contributed by atoms with Crippen LogP contribution in [0.25, 0.3) is 27.8 Å². The van der Waals surface area contributed by atoms with E-state index < -0.39 is 0 Å². The van der Waals surface area contributed by atoms with Crippen LogP contribution in [0, 0.1) is 6.92 Å². The predicted molar refractivity (Wildman–Crippen MR) is 70.6 cm³/mol. The average Bonchev–Trinajstić information content (AvgIpc) is 3.03. The number of H-pyrrole nitrogens is 1. The highest BCUT2D eigenvalue weighted by Gasteiger charge is 2.10. The van der Waals surface area contributed by atoms with Crippen molar-refractivity contribution in [1.82, 2.24) is 29.8 Å². The van der Waals surface area contributed by atoms with Crippen molar-refractivity contribution in [3.8, 4) is 11.1 Å². The van der Waals surface area contributed by atoms with E-state index in [-0.39, 0.29) is 0 Å². The average molecular weight is 250 g/mol. The molecule has 4 aromatic rings. The van der Waals surface area contributed by atoms with Crippen LogP contribution in [0.4, 0.5) is 0 Å². The first-order chi connectivity index (χ1) is 9.33. The Hall–Kier alpha value is -2.76. The van der Waals surface area contributed by atoms with Gasteiger partial charge in [0.05, 0.1) is 11.9 Å². The van der Waals surface area contributed by atoms with Crippen LogP contribution in [0.3, 0.4) is 0 Å². The van der Waals surface area contributed by atoms with E-state index >= 15 is 0 Å². The fourth-order valence-electron chi connectivity index (χ4n) is 2.20. The highest BCUT2D eigenvalue weighted by molar-refractivity contribution is 5.85. The highest BCUT2D eigenvalue weighted by atomic mass is 15.2. The van der Waals surface area contributed by atoms with Crippen molar-refractivity contribution in [2.45, 2.75) is 6.92 Å². The van der Waals surface area contributed by atoms with Gasteiger partial charge in [0.25, 0.3) is 0 Å². The molecular formula is C13H10N6. The number of aromatic amines is 1. The second kappa shape index (κ2) is 3.61. The quantitative estimate of drug-likeness (QED) is 0.560. The number of fused-ring (bicyclic) bond motifs is 2. The third-order valence-corrected chi connectivity index (χ3v) is 3.16. The lowest BCUT2D eigenvalue weighted by Crippen LogP contribution is -1.88. The van der Waals surface area contributed by atoms with Crippen LogP contribution < -0.4 is 0 Å². The Balaban J connectivity index is 1.98. The summed E-state index contributed by atoms with van der Waals surface area (Å²) in [6.07, 6.45) is 7.25. The van der Waals surface area contributed by atoms with E-state index in [1.54, 1.807) is 16.9 Å². The molecule has 0 amide bonds. The van der Waals surface area contributed by atoms with Gasteiger partial charge in [0.2, 0.25) is 0 Å². The zero-order chi connectivity index (χ0) is 12.8. The molecule has 4 aromatic heterocycles. The summed E-state index contributed by atoms with van der Waals surface area (Å²) in [5.41, 5.74) is 5.46. The Morgan fingerprint density at radius 2 is 2.16 bits per heavy atom. The number of aromatic nitrogens is 6. The molecule has 0 saturated carbocycles. The SMILES string of the molecule is Cc1[nH]nc2cc(-c3cnn4cccnc34)cnc12. The van der Waals surface area contributed by atoms with Gasteiger partial charge >= 0.3 is 0 Å². The third-order valence-electron chi connectivity index (χ3n) is 3.16. The highest BCUT2D eigenvalue weighted by Crippen LogP contribution is 2.25. The van der Waals surface area contributed by atoms with E-state index in [9.17, 15) is 0 Å². The lowest BCUT2D eigenvalue weighted by Gasteiger charge is -1.98. The standard InChI is InChI=1S/C13H10N6/c1-8-12-11(18-17-8)5-9(6-15-12)10-7-16-19-4-2-3-14-13(10)19/h2-7H,1H3,(H,17,18). The van der Waals surface area contributed by atoms with E-state index in [4.69, 9.17) is 0 Å². The molecule has 0 unspecified atom stereocenters. The predicted octanol–water partition coefficient (Wildman–Crippen LogP) is 1.98.